The maximum absolute atomic E-state index is 12.6. The molecule has 1 saturated carbocycles. The minimum Gasteiger partial charge on any atom is -0.359 e. The van der Waals surface area contributed by atoms with E-state index in [9.17, 15) is 14.4 Å². The number of hydrogen-bond donors (Lipinski definition) is 2. The number of aryl methyl sites for hydroxylation is 1. The van der Waals surface area contributed by atoms with Crippen molar-refractivity contribution in [1.29, 1.82) is 0 Å². The van der Waals surface area contributed by atoms with Crippen molar-refractivity contribution < 1.29 is 14.4 Å². The highest BCUT2D eigenvalue weighted by molar-refractivity contribution is 6.09. The summed E-state index contributed by atoms with van der Waals surface area (Å²) in [7, 11) is 0. The molecule has 1 aromatic carbocycles. The standard InChI is InChI=1S/C20H19N3O3/c1-10-6-13-8-14(4-5-15(13)21-10)22-16(24)9-23-19(25)17-11-2-3-12(7-11)18(17)20(23)26/h2-6,8,11-12,17-18,21H,7,9H2,1H3,(H,22,24). The van der Waals surface area contributed by atoms with Crippen molar-refractivity contribution in [2.24, 2.45) is 23.7 Å². The predicted molar refractivity (Wildman–Crippen MR) is 96.1 cm³/mol. The monoisotopic (exact) mass is 349 g/mol. The lowest BCUT2D eigenvalue weighted by molar-refractivity contribution is -0.143. The minimum atomic E-state index is -0.349. The Bertz CT molecular complexity index is 959. The average molecular weight is 349 g/mol. The third-order valence-electron chi connectivity index (χ3n) is 5.90. The molecule has 5 rings (SSSR count). The molecule has 0 radical (unpaired) electrons. The first kappa shape index (κ1) is 15.4. The Morgan fingerprint density at radius 1 is 1.15 bits per heavy atom. The maximum Gasteiger partial charge on any atom is 0.244 e. The fourth-order valence-corrected chi connectivity index (χ4v) is 4.82. The van der Waals surface area contributed by atoms with Gasteiger partial charge in [-0.25, -0.2) is 0 Å². The summed E-state index contributed by atoms with van der Waals surface area (Å²) in [5, 5.41) is 3.81. The summed E-state index contributed by atoms with van der Waals surface area (Å²) in [4.78, 5) is 42.1. The molecule has 2 aromatic rings. The maximum atomic E-state index is 12.6. The van der Waals surface area contributed by atoms with Crippen LogP contribution in [0.5, 0.6) is 0 Å². The summed E-state index contributed by atoms with van der Waals surface area (Å²) in [6, 6.07) is 7.59. The molecule has 4 unspecified atom stereocenters. The second-order valence-corrected chi connectivity index (χ2v) is 7.57. The molecular formula is C20H19N3O3. The zero-order valence-electron chi connectivity index (χ0n) is 14.4. The van der Waals surface area contributed by atoms with Crippen molar-refractivity contribution in [2.45, 2.75) is 13.3 Å². The number of hydrogen-bond acceptors (Lipinski definition) is 3. The molecule has 1 saturated heterocycles. The summed E-state index contributed by atoms with van der Waals surface area (Å²) in [6.07, 6.45) is 4.99. The lowest BCUT2D eigenvalue weighted by atomic mass is 9.85. The van der Waals surface area contributed by atoms with Crippen molar-refractivity contribution in [1.82, 2.24) is 9.88 Å². The van der Waals surface area contributed by atoms with Crippen LogP contribution in [-0.4, -0.2) is 34.2 Å². The number of likely N-dealkylation sites (tertiary alicyclic amines) is 1. The van der Waals surface area contributed by atoms with Gasteiger partial charge < -0.3 is 10.3 Å². The summed E-state index contributed by atoms with van der Waals surface area (Å²) >= 11 is 0. The molecule has 3 amide bonds. The van der Waals surface area contributed by atoms with Crippen molar-refractivity contribution in [2.75, 3.05) is 11.9 Å². The summed E-state index contributed by atoms with van der Waals surface area (Å²) < 4.78 is 0. The number of imide groups is 1. The van der Waals surface area contributed by atoms with E-state index in [1.54, 1.807) is 0 Å². The van der Waals surface area contributed by atoms with Gasteiger partial charge in [0.2, 0.25) is 17.7 Å². The molecular weight excluding hydrogens is 330 g/mol. The van der Waals surface area contributed by atoms with Crippen molar-refractivity contribution in [3.63, 3.8) is 0 Å². The number of anilines is 1. The van der Waals surface area contributed by atoms with Gasteiger partial charge in [-0.15, -0.1) is 0 Å². The van der Waals surface area contributed by atoms with Gasteiger partial charge in [0.1, 0.15) is 6.54 Å². The second-order valence-electron chi connectivity index (χ2n) is 7.57. The van der Waals surface area contributed by atoms with Crippen molar-refractivity contribution in [3.8, 4) is 0 Å². The number of nitrogens with zero attached hydrogens (tertiary/aromatic N) is 1. The Hall–Kier alpha value is -2.89. The van der Waals surface area contributed by atoms with Gasteiger partial charge in [0.05, 0.1) is 11.8 Å². The highest BCUT2D eigenvalue weighted by Crippen LogP contribution is 2.52. The van der Waals surface area contributed by atoms with E-state index in [0.717, 1.165) is 27.9 Å². The predicted octanol–water partition coefficient (Wildman–Crippen LogP) is 2.22. The van der Waals surface area contributed by atoms with Crippen molar-refractivity contribution in [3.05, 3.63) is 42.1 Å². The summed E-state index contributed by atoms with van der Waals surface area (Å²) in [5.74, 6) is -0.928. The van der Waals surface area contributed by atoms with E-state index in [4.69, 9.17) is 0 Å². The van der Waals surface area contributed by atoms with E-state index in [2.05, 4.69) is 22.5 Å². The third-order valence-corrected chi connectivity index (χ3v) is 5.90. The normalized spacial score (nSPS) is 29.0. The van der Waals surface area contributed by atoms with Crippen LogP contribution in [0.3, 0.4) is 0 Å². The molecule has 1 aromatic heterocycles. The van der Waals surface area contributed by atoms with Crippen LogP contribution in [0.15, 0.2) is 36.4 Å². The van der Waals surface area contributed by atoms with Crippen molar-refractivity contribution >= 4 is 34.3 Å². The van der Waals surface area contributed by atoms with E-state index in [1.165, 1.54) is 0 Å². The summed E-state index contributed by atoms with van der Waals surface area (Å²) in [6.45, 7) is 1.76. The fraction of sp³-hybridized carbons (Fsp3) is 0.350. The van der Waals surface area contributed by atoms with Gasteiger partial charge in [-0.05, 0) is 49.4 Å². The average Bonchev–Trinajstić information content (AvgIpc) is 3.34. The first-order chi connectivity index (χ1) is 12.5. The third kappa shape index (κ3) is 2.14. The Labute approximate surface area is 150 Å². The van der Waals surface area contributed by atoms with Gasteiger partial charge in [0.15, 0.2) is 0 Å². The van der Waals surface area contributed by atoms with Crippen LogP contribution < -0.4 is 5.32 Å². The molecule has 1 aliphatic heterocycles. The number of rotatable bonds is 3. The van der Waals surface area contributed by atoms with Crippen LogP contribution in [-0.2, 0) is 14.4 Å². The van der Waals surface area contributed by atoms with Crippen LogP contribution in [0.1, 0.15) is 12.1 Å². The number of nitrogens with one attached hydrogen (secondary N) is 2. The van der Waals surface area contributed by atoms with E-state index in [0.29, 0.717) is 5.69 Å². The Balaban J connectivity index is 1.31. The van der Waals surface area contributed by atoms with Crippen LogP contribution >= 0.6 is 0 Å². The highest BCUT2D eigenvalue weighted by Gasteiger charge is 2.59. The number of allylic oxidation sites excluding steroid dienone is 2. The lowest BCUT2D eigenvalue weighted by Crippen LogP contribution is -2.39. The number of carbonyl (C=O) groups is 3. The number of amides is 3. The Morgan fingerprint density at radius 3 is 2.54 bits per heavy atom. The van der Waals surface area contributed by atoms with Gasteiger partial charge in [-0.3, -0.25) is 19.3 Å². The number of carbonyl (C=O) groups excluding carboxylic acids is 3. The zero-order chi connectivity index (χ0) is 18.0. The molecule has 132 valence electrons. The zero-order valence-corrected chi connectivity index (χ0v) is 14.4. The van der Waals surface area contributed by atoms with Gasteiger partial charge in [0, 0.05) is 22.3 Å². The second kappa shape index (κ2) is 5.30. The number of benzene rings is 1. The summed E-state index contributed by atoms with van der Waals surface area (Å²) in [5.41, 5.74) is 2.70. The van der Waals surface area contributed by atoms with Gasteiger partial charge >= 0.3 is 0 Å². The molecule has 0 spiro atoms. The van der Waals surface area contributed by atoms with E-state index in [1.807, 2.05) is 31.2 Å². The first-order valence-corrected chi connectivity index (χ1v) is 8.94. The number of aromatic nitrogens is 1. The van der Waals surface area contributed by atoms with Gasteiger partial charge in [-0.1, -0.05) is 12.2 Å². The largest absolute Gasteiger partial charge is 0.359 e. The molecule has 2 aliphatic carbocycles. The van der Waals surface area contributed by atoms with E-state index in [-0.39, 0.29) is 47.9 Å². The van der Waals surface area contributed by atoms with Crippen LogP contribution in [0, 0.1) is 30.6 Å². The Kier molecular flexibility index (Phi) is 3.13. The van der Waals surface area contributed by atoms with Crippen LogP contribution in [0.4, 0.5) is 5.69 Å². The molecule has 4 atom stereocenters. The number of aromatic amines is 1. The lowest BCUT2D eigenvalue weighted by Gasteiger charge is -2.16. The smallest absolute Gasteiger partial charge is 0.244 e. The number of H-pyrrole nitrogens is 1. The van der Waals surface area contributed by atoms with Gasteiger partial charge in [-0.2, -0.15) is 0 Å². The number of fused-ring (bicyclic) bond motifs is 6. The Morgan fingerprint density at radius 2 is 1.85 bits per heavy atom. The van der Waals surface area contributed by atoms with Crippen LogP contribution in [0.25, 0.3) is 10.9 Å². The SMILES string of the molecule is Cc1cc2cc(NC(=O)CN3C(=O)C4C5C=CC(C5)C4C3=O)ccc2[nH]1. The molecule has 2 fully saturated rings. The quantitative estimate of drug-likeness (QED) is 0.658. The fourth-order valence-electron chi connectivity index (χ4n) is 4.82. The molecule has 6 nitrogen and oxygen atoms in total. The first-order valence-electron chi connectivity index (χ1n) is 8.94. The minimum absolute atomic E-state index is 0.161. The molecule has 6 heteroatoms. The van der Waals surface area contributed by atoms with E-state index >= 15 is 0 Å². The van der Waals surface area contributed by atoms with Gasteiger partial charge in [0.25, 0.3) is 0 Å². The topological polar surface area (TPSA) is 82.3 Å². The van der Waals surface area contributed by atoms with Crippen LogP contribution in [0.2, 0.25) is 0 Å². The molecule has 2 heterocycles. The molecule has 3 aliphatic rings. The molecule has 2 bridgehead atoms. The molecule has 2 N–H and O–H groups in total. The molecule has 26 heavy (non-hydrogen) atoms. The van der Waals surface area contributed by atoms with E-state index < -0.39 is 0 Å². The highest BCUT2D eigenvalue weighted by atomic mass is 16.2.